The maximum Gasteiger partial charge on any atom is 0.356 e. The molecule has 2 heterocycles. The first kappa shape index (κ1) is 18.5. The summed E-state index contributed by atoms with van der Waals surface area (Å²) in [5, 5.41) is 11.1. The molecule has 1 aromatic heterocycles. The molecule has 28 heavy (non-hydrogen) atoms. The van der Waals surface area contributed by atoms with Crippen molar-refractivity contribution in [2.45, 2.75) is 39.5 Å². The van der Waals surface area contributed by atoms with Gasteiger partial charge in [-0.1, -0.05) is 43.3 Å². The van der Waals surface area contributed by atoms with Crippen LogP contribution < -0.4 is 4.90 Å². The molecule has 1 saturated heterocycles. The van der Waals surface area contributed by atoms with Crippen molar-refractivity contribution in [3.05, 3.63) is 59.3 Å². The lowest BCUT2D eigenvalue weighted by Gasteiger charge is -2.32. The molecule has 0 atom stereocenters. The smallest absolute Gasteiger partial charge is 0.356 e. The molecule has 4 heteroatoms. The minimum atomic E-state index is -0.961. The second-order valence-electron chi connectivity index (χ2n) is 7.50. The molecule has 4 rings (SSSR count). The predicted molar refractivity (Wildman–Crippen MR) is 114 cm³/mol. The first-order chi connectivity index (χ1) is 13.6. The second-order valence-corrected chi connectivity index (χ2v) is 7.50. The van der Waals surface area contributed by atoms with Crippen molar-refractivity contribution in [3.8, 4) is 11.1 Å². The van der Waals surface area contributed by atoms with Gasteiger partial charge >= 0.3 is 5.97 Å². The van der Waals surface area contributed by atoms with E-state index in [0.717, 1.165) is 60.1 Å². The third kappa shape index (κ3) is 3.13. The fourth-order valence-corrected chi connectivity index (χ4v) is 4.40. The van der Waals surface area contributed by atoms with Gasteiger partial charge < -0.3 is 10.0 Å². The van der Waals surface area contributed by atoms with Crippen molar-refractivity contribution in [3.63, 3.8) is 0 Å². The highest BCUT2D eigenvalue weighted by atomic mass is 16.4. The summed E-state index contributed by atoms with van der Waals surface area (Å²) in [6.45, 7) is 6.04. The highest BCUT2D eigenvalue weighted by Gasteiger charge is 2.27. The number of fused-ring (bicyclic) bond motifs is 1. The Labute approximate surface area is 165 Å². The molecule has 0 radical (unpaired) electrons. The largest absolute Gasteiger partial charge is 0.476 e. The van der Waals surface area contributed by atoms with E-state index in [4.69, 9.17) is 0 Å². The number of aromatic nitrogens is 1. The number of aryl methyl sites for hydroxylation is 2. The van der Waals surface area contributed by atoms with Crippen LogP contribution in [-0.2, 0) is 6.42 Å². The number of anilines is 1. The van der Waals surface area contributed by atoms with E-state index in [9.17, 15) is 9.90 Å². The molecule has 1 N–H and O–H groups in total. The average molecular weight is 374 g/mol. The molecular formula is C24H26N2O2. The third-order valence-corrected chi connectivity index (χ3v) is 5.82. The lowest BCUT2D eigenvalue weighted by Crippen LogP contribution is -2.32. The van der Waals surface area contributed by atoms with E-state index in [1.165, 1.54) is 17.5 Å². The minimum Gasteiger partial charge on any atom is -0.476 e. The van der Waals surface area contributed by atoms with Crippen LogP contribution in [0, 0.1) is 6.92 Å². The molecule has 3 aromatic rings. The first-order valence-electron chi connectivity index (χ1n) is 10.1. The maximum atomic E-state index is 12.2. The number of pyridine rings is 1. The van der Waals surface area contributed by atoms with Gasteiger partial charge in [-0.05, 0) is 55.4 Å². The molecule has 0 bridgehead atoms. The Balaban J connectivity index is 2.15. The Morgan fingerprint density at radius 3 is 2.43 bits per heavy atom. The first-order valence-corrected chi connectivity index (χ1v) is 10.1. The van der Waals surface area contributed by atoms with Crippen LogP contribution in [0.3, 0.4) is 0 Å². The zero-order valence-electron chi connectivity index (χ0n) is 16.5. The van der Waals surface area contributed by atoms with Gasteiger partial charge in [0.05, 0.1) is 11.2 Å². The molecular weight excluding hydrogens is 348 g/mol. The molecule has 0 amide bonds. The topological polar surface area (TPSA) is 53.4 Å². The van der Waals surface area contributed by atoms with E-state index in [1.807, 2.05) is 24.3 Å². The van der Waals surface area contributed by atoms with Gasteiger partial charge in [-0.2, -0.15) is 0 Å². The molecule has 4 nitrogen and oxygen atoms in total. The summed E-state index contributed by atoms with van der Waals surface area (Å²) in [6, 6.07) is 14.2. The van der Waals surface area contributed by atoms with Crippen LogP contribution in [0.1, 0.15) is 47.8 Å². The number of hydrogen-bond donors (Lipinski definition) is 1. The van der Waals surface area contributed by atoms with Gasteiger partial charge in [-0.15, -0.1) is 0 Å². The second kappa shape index (κ2) is 7.63. The van der Waals surface area contributed by atoms with Crippen LogP contribution in [-0.4, -0.2) is 29.1 Å². The molecule has 1 aliphatic rings. The van der Waals surface area contributed by atoms with Crippen molar-refractivity contribution in [2.75, 3.05) is 18.0 Å². The molecule has 0 saturated carbocycles. The van der Waals surface area contributed by atoms with Gasteiger partial charge in [0, 0.05) is 24.0 Å². The third-order valence-electron chi connectivity index (χ3n) is 5.82. The van der Waals surface area contributed by atoms with E-state index in [-0.39, 0.29) is 5.69 Å². The quantitative estimate of drug-likeness (QED) is 0.659. The molecule has 144 valence electrons. The number of carboxylic acid groups (broad SMARTS) is 1. The predicted octanol–water partition coefficient (Wildman–Crippen LogP) is 5.46. The van der Waals surface area contributed by atoms with Gasteiger partial charge in [0.1, 0.15) is 0 Å². The summed E-state index contributed by atoms with van der Waals surface area (Å²) in [5.41, 5.74) is 6.23. The molecule has 1 aliphatic heterocycles. The van der Waals surface area contributed by atoms with Crippen molar-refractivity contribution in [1.29, 1.82) is 0 Å². The Bertz CT molecular complexity index is 1020. The molecule has 1 fully saturated rings. The number of benzene rings is 2. The molecule has 0 spiro atoms. The van der Waals surface area contributed by atoms with Crippen LogP contribution in [0.25, 0.3) is 22.0 Å². The van der Waals surface area contributed by atoms with Crippen molar-refractivity contribution >= 4 is 22.6 Å². The summed E-state index contributed by atoms with van der Waals surface area (Å²) in [7, 11) is 0. The number of carboxylic acids is 1. The van der Waals surface area contributed by atoms with Crippen molar-refractivity contribution < 1.29 is 9.90 Å². The highest BCUT2D eigenvalue weighted by molar-refractivity contribution is 6.09. The van der Waals surface area contributed by atoms with Gasteiger partial charge in [0.2, 0.25) is 0 Å². The minimum absolute atomic E-state index is 0.164. The zero-order valence-corrected chi connectivity index (χ0v) is 16.5. The monoisotopic (exact) mass is 374 g/mol. The zero-order chi connectivity index (χ0) is 19.7. The molecule has 0 aliphatic carbocycles. The molecule has 0 unspecified atom stereocenters. The van der Waals surface area contributed by atoms with Crippen molar-refractivity contribution in [2.24, 2.45) is 0 Å². The summed E-state index contributed by atoms with van der Waals surface area (Å²) in [6.07, 6.45) is 4.30. The number of hydrogen-bond acceptors (Lipinski definition) is 3. The van der Waals surface area contributed by atoms with Crippen molar-refractivity contribution in [1.82, 2.24) is 4.98 Å². The lowest BCUT2D eigenvalue weighted by atomic mass is 9.91. The van der Waals surface area contributed by atoms with E-state index >= 15 is 0 Å². The van der Waals surface area contributed by atoms with E-state index < -0.39 is 5.97 Å². The van der Waals surface area contributed by atoms with Crippen LogP contribution in [0.4, 0.5) is 5.69 Å². The Morgan fingerprint density at radius 1 is 1.07 bits per heavy atom. The summed E-state index contributed by atoms with van der Waals surface area (Å²) in [5.74, 6) is -0.961. The SMILES string of the molecule is CCc1ccc2nc(C(=O)O)c(N3CCCCC3)c(-c3ccccc3)c2c1C. The number of piperidine rings is 1. The summed E-state index contributed by atoms with van der Waals surface area (Å²) >= 11 is 0. The van der Waals surface area contributed by atoms with Gasteiger partial charge in [0.15, 0.2) is 5.69 Å². The summed E-state index contributed by atoms with van der Waals surface area (Å²) in [4.78, 5) is 19.1. The average Bonchev–Trinajstić information content (AvgIpc) is 2.74. The van der Waals surface area contributed by atoms with Gasteiger partial charge in [-0.25, -0.2) is 9.78 Å². The Kier molecular flexibility index (Phi) is 5.03. The number of aromatic carboxylic acids is 1. The number of nitrogens with zero attached hydrogens (tertiary/aromatic N) is 2. The van der Waals surface area contributed by atoms with Crippen LogP contribution in [0.2, 0.25) is 0 Å². The van der Waals surface area contributed by atoms with Gasteiger partial charge in [-0.3, -0.25) is 0 Å². The highest BCUT2D eigenvalue weighted by Crippen LogP contribution is 2.42. The van der Waals surface area contributed by atoms with E-state index in [2.05, 4.69) is 41.9 Å². The number of carbonyl (C=O) groups is 1. The Hall–Kier alpha value is -2.88. The van der Waals surface area contributed by atoms with Gasteiger partial charge in [0.25, 0.3) is 0 Å². The lowest BCUT2D eigenvalue weighted by molar-refractivity contribution is 0.0691. The maximum absolute atomic E-state index is 12.2. The van der Waals surface area contributed by atoms with Crippen LogP contribution in [0.15, 0.2) is 42.5 Å². The van der Waals surface area contributed by atoms with Crippen LogP contribution >= 0.6 is 0 Å². The van der Waals surface area contributed by atoms with Crippen LogP contribution in [0.5, 0.6) is 0 Å². The normalized spacial score (nSPS) is 14.4. The fraction of sp³-hybridized carbons (Fsp3) is 0.333. The Morgan fingerprint density at radius 2 is 1.79 bits per heavy atom. The number of rotatable bonds is 4. The summed E-state index contributed by atoms with van der Waals surface area (Å²) < 4.78 is 0. The molecule has 2 aromatic carbocycles. The van der Waals surface area contributed by atoms with E-state index in [1.54, 1.807) is 0 Å². The standard InChI is InChI=1S/C24H26N2O2/c1-3-17-12-13-19-20(16(17)2)21(18-10-6-4-7-11-18)23(22(25-19)24(27)28)26-14-8-5-9-15-26/h4,6-7,10-13H,3,5,8-9,14-15H2,1-2H3,(H,27,28). The fourth-order valence-electron chi connectivity index (χ4n) is 4.40. The van der Waals surface area contributed by atoms with E-state index in [0.29, 0.717) is 0 Å².